The Kier molecular flexibility index (Phi) is 5.06. The molecule has 0 fully saturated rings. The van der Waals surface area contributed by atoms with E-state index >= 15 is 0 Å². The highest BCUT2D eigenvalue weighted by molar-refractivity contribution is 5.97. The summed E-state index contributed by atoms with van der Waals surface area (Å²) in [5, 5.41) is 12.5. The predicted octanol–water partition coefficient (Wildman–Crippen LogP) is 1.93. The maximum atomic E-state index is 11.9. The summed E-state index contributed by atoms with van der Waals surface area (Å²) in [5.41, 5.74) is 0.214. The van der Waals surface area contributed by atoms with E-state index in [1.165, 1.54) is 19.2 Å². The van der Waals surface area contributed by atoms with Gasteiger partial charge in [-0.05, 0) is 18.6 Å². The minimum atomic E-state index is -0.336. The second-order valence-corrected chi connectivity index (χ2v) is 3.87. The summed E-state index contributed by atoms with van der Waals surface area (Å²) in [6.07, 6.45) is 6.43. The topological polar surface area (TPSA) is 58.6 Å². The van der Waals surface area contributed by atoms with E-state index in [1.807, 2.05) is 6.92 Å². The molecule has 4 nitrogen and oxygen atoms in total. The van der Waals surface area contributed by atoms with Gasteiger partial charge in [0.15, 0.2) is 0 Å². The van der Waals surface area contributed by atoms with Gasteiger partial charge in [0.1, 0.15) is 11.5 Å². The Morgan fingerprint density at radius 2 is 2.33 bits per heavy atom. The van der Waals surface area contributed by atoms with Crippen LogP contribution in [0.5, 0.6) is 11.5 Å². The van der Waals surface area contributed by atoms with Crippen LogP contribution >= 0.6 is 0 Å². The minimum absolute atomic E-state index is 0.0796. The van der Waals surface area contributed by atoms with E-state index in [2.05, 4.69) is 11.2 Å². The molecule has 96 valence electrons. The fourth-order valence-corrected chi connectivity index (χ4v) is 1.53. The van der Waals surface area contributed by atoms with E-state index in [-0.39, 0.29) is 23.3 Å². The third-order valence-corrected chi connectivity index (χ3v) is 2.64. The number of phenols is 1. The van der Waals surface area contributed by atoms with Gasteiger partial charge >= 0.3 is 0 Å². The number of ether oxygens (including phenoxy) is 1. The summed E-state index contributed by atoms with van der Waals surface area (Å²) in [5.74, 6) is 2.57. The molecule has 1 amide bonds. The fraction of sp³-hybridized carbons (Fsp3) is 0.357. The monoisotopic (exact) mass is 247 g/mol. The van der Waals surface area contributed by atoms with Crippen molar-refractivity contribution in [2.45, 2.75) is 25.8 Å². The number of terminal acetylenes is 1. The van der Waals surface area contributed by atoms with Gasteiger partial charge in [-0.1, -0.05) is 6.92 Å². The van der Waals surface area contributed by atoms with E-state index in [4.69, 9.17) is 11.2 Å². The molecule has 18 heavy (non-hydrogen) atoms. The van der Waals surface area contributed by atoms with Crippen molar-refractivity contribution >= 4 is 5.91 Å². The zero-order valence-electron chi connectivity index (χ0n) is 10.6. The summed E-state index contributed by atoms with van der Waals surface area (Å²) in [6, 6.07) is 4.46. The molecule has 0 bridgehead atoms. The van der Waals surface area contributed by atoms with Gasteiger partial charge in [0.2, 0.25) is 0 Å². The fourth-order valence-electron chi connectivity index (χ4n) is 1.53. The normalized spacial score (nSPS) is 11.4. The molecule has 0 spiro atoms. The molecule has 0 aromatic heterocycles. The summed E-state index contributed by atoms with van der Waals surface area (Å²) in [7, 11) is 1.49. The first-order chi connectivity index (χ1) is 8.62. The quantitative estimate of drug-likeness (QED) is 0.782. The number of aromatic hydroxyl groups is 1. The van der Waals surface area contributed by atoms with Crippen molar-refractivity contribution < 1.29 is 14.6 Å². The molecule has 0 aliphatic rings. The van der Waals surface area contributed by atoms with E-state index in [9.17, 15) is 9.90 Å². The van der Waals surface area contributed by atoms with Crippen LogP contribution in [0.4, 0.5) is 0 Å². The maximum absolute atomic E-state index is 11.9. The second kappa shape index (κ2) is 6.55. The number of hydrogen-bond acceptors (Lipinski definition) is 3. The molecule has 1 aromatic carbocycles. The highest BCUT2D eigenvalue weighted by atomic mass is 16.5. The van der Waals surface area contributed by atoms with E-state index in [0.717, 1.165) is 6.42 Å². The van der Waals surface area contributed by atoms with E-state index in [1.54, 1.807) is 6.07 Å². The van der Waals surface area contributed by atoms with Gasteiger partial charge in [0.05, 0.1) is 12.7 Å². The molecule has 0 heterocycles. The number of carbonyl (C=O) groups is 1. The van der Waals surface area contributed by atoms with Crippen molar-refractivity contribution in [3.05, 3.63) is 23.8 Å². The number of hydrogen-bond donors (Lipinski definition) is 2. The average molecular weight is 247 g/mol. The van der Waals surface area contributed by atoms with Crippen molar-refractivity contribution in [2.75, 3.05) is 7.11 Å². The summed E-state index contributed by atoms with van der Waals surface area (Å²) in [6.45, 7) is 1.94. The number of benzene rings is 1. The lowest BCUT2D eigenvalue weighted by molar-refractivity contribution is 0.0934. The lowest BCUT2D eigenvalue weighted by Crippen LogP contribution is -2.34. The molecule has 1 rings (SSSR count). The van der Waals surface area contributed by atoms with Crippen LogP contribution in [-0.2, 0) is 0 Å². The highest BCUT2D eigenvalue weighted by Crippen LogP contribution is 2.23. The summed E-state index contributed by atoms with van der Waals surface area (Å²) in [4.78, 5) is 11.9. The van der Waals surface area contributed by atoms with Gasteiger partial charge in [-0.2, -0.15) is 0 Å². The van der Waals surface area contributed by atoms with Gasteiger partial charge in [0, 0.05) is 18.5 Å². The third kappa shape index (κ3) is 3.42. The first kappa shape index (κ1) is 13.9. The van der Waals surface area contributed by atoms with Gasteiger partial charge in [-0.15, -0.1) is 12.3 Å². The molecule has 1 unspecified atom stereocenters. The van der Waals surface area contributed by atoms with Crippen LogP contribution in [0.25, 0.3) is 0 Å². The molecular formula is C14H17NO3. The SMILES string of the molecule is C#CCC(CC)NC(=O)c1ccc(OC)cc1O. The molecule has 1 aromatic rings. The zero-order chi connectivity index (χ0) is 13.5. The van der Waals surface area contributed by atoms with Crippen molar-refractivity contribution in [3.8, 4) is 23.8 Å². The molecule has 1 atom stereocenters. The highest BCUT2D eigenvalue weighted by Gasteiger charge is 2.15. The first-order valence-corrected chi connectivity index (χ1v) is 5.73. The Morgan fingerprint density at radius 1 is 1.61 bits per heavy atom. The van der Waals surface area contributed by atoms with Crippen molar-refractivity contribution in [1.82, 2.24) is 5.32 Å². The first-order valence-electron chi connectivity index (χ1n) is 5.73. The molecule has 0 aliphatic heterocycles. The molecular weight excluding hydrogens is 230 g/mol. The van der Waals surface area contributed by atoms with E-state index < -0.39 is 0 Å². The summed E-state index contributed by atoms with van der Waals surface area (Å²) >= 11 is 0. The summed E-state index contributed by atoms with van der Waals surface area (Å²) < 4.78 is 4.95. The predicted molar refractivity (Wildman–Crippen MR) is 69.7 cm³/mol. The lowest BCUT2D eigenvalue weighted by atomic mass is 10.1. The molecule has 0 saturated carbocycles. The van der Waals surface area contributed by atoms with E-state index in [0.29, 0.717) is 12.2 Å². The van der Waals surface area contributed by atoms with Crippen LogP contribution in [0.1, 0.15) is 30.1 Å². The smallest absolute Gasteiger partial charge is 0.255 e. The van der Waals surface area contributed by atoms with Crippen molar-refractivity contribution in [3.63, 3.8) is 0 Å². The number of phenolic OH excluding ortho intramolecular Hbond substituents is 1. The second-order valence-electron chi connectivity index (χ2n) is 3.87. The van der Waals surface area contributed by atoms with Crippen LogP contribution in [0.15, 0.2) is 18.2 Å². The Bertz CT molecular complexity index is 463. The van der Waals surface area contributed by atoms with Crippen LogP contribution in [-0.4, -0.2) is 24.2 Å². The Balaban J connectivity index is 2.81. The van der Waals surface area contributed by atoms with Gasteiger partial charge in [0.25, 0.3) is 5.91 Å². The Labute approximate surface area is 107 Å². The molecule has 0 radical (unpaired) electrons. The number of nitrogens with one attached hydrogen (secondary N) is 1. The van der Waals surface area contributed by atoms with Crippen molar-refractivity contribution in [2.24, 2.45) is 0 Å². The van der Waals surface area contributed by atoms with Gasteiger partial charge in [-0.25, -0.2) is 0 Å². The zero-order valence-corrected chi connectivity index (χ0v) is 10.6. The molecule has 2 N–H and O–H groups in total. The number of amides is 1. The molecule has 4 heteroatoms. The Hall–Kier alpha value is -2.15. The number of carbonyl (C=O) groups excluding carboxylic acids is 1. The Morgan fingerprint density at radius 3 is 2.83 bits per heavy atom. The molecule has 0 aliphatic carbocycles. The minimum Gasteiger partial charge on any atom is -0.507 e. The van der Waals surface area contributed by atoms with Crippen LogP contribution in [0.2, 0.25) is 0 Å². The largest absolute Gasteiger partial charge is 0.507 e. The third-order valence-electron chi connectivity index (χ3n) is 2.64. The van der Waals surface area contributed by atoms with Crippen LogP contribution in [0, 0.1) is 12.3 Å². The maximum Gasteiger partial charge on any atom is 0.255 e. The van der Waals surface area contributed by atoms with Crippen molar-refractivity contribution in [1.29, 1.82) is 0 Å². The van der Waals surface area contributed by atoms with Gasteiger partial charge in [-0.3, -0.25) is 4.79 Å². The van der Waals surface area contributed by atoms with Crippen LogP contribution < -0.4 is 10.1 Å². The standard InChI is InChI=1S/C14H17NO3/c1-4-6-10(5-2)15-14(17)12-8-7-11(18-3)9-13(12)16/h1,7-10,16H,5-6H2,2-3H3,(H,15,17). The van der Waals surface area contributed by atoms with Gasteiger partial charge < -0.3 is 15.2 Å². The molecule has 0 saturated heterocycles. The average Bonchev–Trinajstić information content (AvgIpc) is 2.37. The number of rotatable bonds is 5. The lowest BCUT2D eigenvalue weighted by Gasteiger charge is -2.15. The number of methoxy groups -OCH3 is 1. The van der Waals surface area contributed by atoms with Crippen LogP contribution in [0.3, 0.4) is 0 Å².